The Balaban J connectivity index is 2.41. The molecule has 0 fully saturated rings. The van der Waals surface area contributed by atoms with Crippen molar-refractivity contribution in [2.24, 2.45) is 0 Å². The number of aryl methyl sites for hydroxylation is 6. The van der Waals surface area contributed by atoms with Crippen molar-refractivity contribution >= 4 is 11.3 Å². The molecule has 0 aliphatic carbocycles. The summed E-state index contributed by atoms with van der Waals surface area (Å²) in [6, 6.07) is 18.8. The zero-order valence-corrected chi connectivity index (χ0v) is 17.1. The summed E-state index contributed by atoms with van der Waals surface area (Å²) >= 11 is 0. The van der Waals surface area contributed by atoms with Gasteiger partial charge in [-0.1, -0.05) is 65.7 Å². The van der Waals surface area contributed by atoms with E-state index in [1.165, 1.54) is 22.3 Å². The highest BCUT2D eigenvalue weighted by Gasteiger charge is 2.20. The first-order chi connectivity index (χ1) is 12.8. The van der Waals surface area contributed by atoms with Gasteiger partial charge in [0.2, 0.25) is 0 Å². The minimum atomic E-state index is 0.353. The molecule has 0 amide bonds. The molecular formula is C26H28O. The van der Waals surface area contributed by atoms with Crippen LogP contribution in [0.3, 0.4) is 0 Å². The minimum absolute atomic E-state index is 0.353. The van der Waals surface area contributed by atoms with E-state index < -0.39 is 0 Å². The van der Waals surface area contributed by atoms with Gasteiger partial charge >= 0.3 is 0 Å². The molecule has 3 aromatic carbocycles. The Hall–Kier alpha value is -2.80. The zero-order chi connectivity index (χ0) is 19.7. The van der Waals surface area contributed by atoms with Crippen LogP contribution >= 0.6 is 0 Å². The molecule has 0 unspecified atom stereocenters. The van der Waals surface area contributed by atoms with E-state index in [2.05, 4.69) is 77.9 Å². The molecule has 0 saturated heterocycles. The number of hydrogen-bond acceptors (Lipinski definition) is 1. The van der Waals surface area contributed by atoms with Gasteiger partial charge in [0.05, 0.1) is 0 Å². The van der Waals surface area contributed by atoms with Crippen molar-refractivity contribution in [3.63, 3.8) is 0 Å². The standard InChI is InChI=1S/C26H28O/c1-16-12-18(3)23(19(4)13-16)25(22-10-8-7-9-11-22)26(27)24-20(5)14-17(2)15-21(24)6/h7-15,27H,1-6H3/b26-25+. The molecule has 0 saturated carbocycles. The lowest BCUT2D eigenvalue weighted by Crippen LogP contribution is -2.03. The van der Waals surface area contributed by atoms with Gasteiger partial charge in [0.1, 0.15) is 5.76 Å². The summed E-state index contributed by atoms with van der Waals surface area (Å²) in [7, 11) is 0. The van der Waals surface area contributed by atoms with Crippen molar-refractivity contribution in [3.05, 3.63) is 105 Å². The van der Waals surface area contributed by atoms with E-state index >= 15 is 0 Å². The summed E-state index contributed by atoms with van der Waals surface area (Å²) < 4.78 is 0. The average Bonchev–Trinajstić information content (AvgIpc) is 2.57. The van der Waals surface area contributed by atoms with Crippen molar-refractivity contribution in [3.8, 4) is 0 Å². The van der Waals surface area contributed by atoms with Gasteiger partial charge in [-0.05, 0) is 74.9 Å². The maximum atomic E-state index is 11.5. The van der Waals surface area contributed by atoms with Crippen LogP contribution in [0.4, 0.5) is 0 Å². The molecule has 0 aliphatic heterocycles. The number of aliphatic hydroxyl groups excluding tert-OH is 1. The fourth-order valence-corrected chi connectivity index (χ4v) is 4.26. The Kier molecular flexibility index (Phi) is 5.23. The van der Waals surface area contributed by atoms with Crippen LogP contribution in [0, 0.1) is 41.5 Å². The van der Waals surface area contributed by atoms with Gasteiger partial charge in [-0.3, -0.25) is 0 Å². The Morgan fingerprint density at radius 1 is 0.593 bits per heavy atom. The lowest BCUT2D eigenvalue weighted by Gasteiger charge is -2.20. The van der Waals surface area contributed by atoms with Gasteiger partial charge in [-0.15, -0.1) is 0 Å². The van der Waals surface area contributed by atoms with Crippen molar-refractivity contribution in [1.29, 1.82) is 0 Å². The highest BCUT2D eigenvalue weighted by Crippen LogP contribution is 2.37. The van der Waals surface area contributed by atoms with E-state index in [-0.39, 0.29) is 0 Å². The third-order valence-electron chi connectivity index (χ3n) is 5.14. The topological polar surface area (TPSA) is 20.2 Å². The van der Waals surface area contributed by atoms with Gasteiger partial charge in [0.25, 0.3) is 0 Å². The van der Waals surface area contributed by atoms with Crippen LogP contribution in [-0.2, 0) is 0 Å². The molecule has 3 rings (SSSR count). The Bertz CT molecular complexity index is 977. The van der Waals surface area contributed by atoms with Crippen LogP contribution < -0.4 is 0 Å². The van der Waals surface area contributed by atoms with E-state index in [1.54, 1.807) is 0 Å². The molecule has 0 aromatic heterocycles. The maximum Gasteiger partial charge on any atom is 0.131 e. The molecular weight excluding hydrogens is 328 g/mol. The second-order valence-corrected chi connectivity index (χ2v) is 7.64. The van der Waals surface area contributed by atoms with Crippen LogP contribution in [0.5, 0.6) is 0 Å². The third kappa shape index (κ3) is 3.68. The highest BCUT2D eigenvalue weighted by atomic mass is 16.3. The van der Waals surface area contributed by atoms with Crippen LogP contribution in [0.25, 0.3) is 11.3 Å². The molecule has 27 heavy (non-hydrogen) atoms. The van der Waals surface area contributed by atoms with Gasteiger partial charge in [0, 0.05) is 11.1 Å². The molecule has 1 nitrogen and oxygen atoms in total. The largest absolute Gasteiger partial charge is 0.507 e. The van der Waals surface area contributed by atoms with Crippen LogP contribution in [0.15, 0.2) is 54.6 Å². The minimum Gasteiger partial charge on any atom is -0.507 e. The van der Waals surface area contributed by atoms with Crippen LogP contribution in [0.2, 0.25) is 0 Å². The highest BCUT2D eigenvalue weighted by molar-refractivity contribution is 5.98. The first-order valence-corrected chi connectivity index (χ1v) is 9.44. The quantitative estimate of drug-likeness (QED) is 0.395. The SMILES string of the molecule is Cc1cc(C)c(/C(O)=C(/c2ccccc2)c2c(C)cc(C)cc2C)c(C)c1. The Morgan fingerprint density at radius 3 is 1.44 bits per heavy atom. The molecule has 0 spiro atoms. The summed E-state index contributed by atoms with van der Waals surface area (Å²) in [5.41, 5.74) is 11.0. The summed E-state index contributed by atoms with van der Waals surface area (Å²) in [5.74, 6) is 0.353. The van der Waals surface area contributed by atoms with Crippen molar-refractivity contribution in [2.75, 3.05) is 0 Å². The second-order valence-electron chi connectivity index (χ2n) is 7.64. The Labute approximate surface area is 163 Å². The lowest BCUT2D eigenvalue weighted by atomic mass is 9.86. The van der Waals surface area contributed by atoms with Gasteiger partial charge < -0.3 is 5.11 Å². The number of aliphatic hydroxyl groups is 1. The second kappa shape index (κ2) is 7.44. The fourth-order valence-electron chi connectivity index (χ4n) is 4.26. The third-order valence-corrected chi connectivity index (χ3v) is 5.14. The summed E-state index contributed by atoms with van der Waals surface area (Å²) in [5, 5.41) is 11.5. The predicted octanol–water partition coefficient (Wildman–Crippen LogP) is 7.01. The fraction of sp³-hybridized carbons (Fsp3) is 0.231. The van der Waals surface area contributed by atoms with Crippen molar-refractivity contribution in [1.82, 2.24) is 0 Å². The van der Waals surface area contributed by atoms with Crippen molar-refractivity contribution < 1.29 is 5.11 Å². The summed E-state index contributed by atoms with van der Waals surface area (Å²) in [4.78, 5) is 0. The molecule has 1 N–H and O–H groups in total. The molecule has 1 heteroatoms. The number of hydrogen-bond donors (Lipinski definition) is 1. The molecule has 0 heterocycles. The Morgan fingerprint density at radius 2 is 1.00 bits per heavy atom. The van der Waals surface area contributed by atoms with Gasteiger partial charge in [-0.25, -0.2) is 0 Å². The molecule has 0 radical (unpaired) electrons. The molecule has 0 bridgehead atoms. The van der Waals surface area contributed by atoms with E-state index in [1.807, 2.05) is 18.2 Å². The van der Waals surface area contributed by atoms with E-state index in [0.717, 1.165) is 33.4 Å². The molecule has 0 aliphatic rings. The zero-order valence-electron chi connectivity index (χ0n) is 17.1. The van der Waals surface area contributed by atoms with E-state index in [4.69, 9.17) is 0 Å². The van der Waals surface area contributed by atoms with Gasteiger partial charge in [0.15, 0.2) is 0 Å². The first-order valence-electron chi connectivity index (χ1n) is 9.44. The molecule has 3 aromatic rings. The lowest BCUT2D eigenvalue weighted by molar-refractivity contribution is 0.512. The van der Waals surface area contributed by atoms with Crippen LogP contribution in [0.1, 0.15) is 50.1 Å². The predicted molar refractivity (Wildman–Crippen MR) is 116 cm³/mol. The summed E-state index contributed by atoms with van der Waals surface area (Å²) in [6.07, 6.45) is 0. The molecule has 0 atom stereocenters. The summed E-state index contributed by atoms with van der Waals surface area (Å²) in [6.45, 7) is 12.6. The maximum absolute atomic E-state index is 11.5. The van der Waals surface area contributed by atoms with Gasteiger partial charge in [-0.2, -0.15) is 0 Å². The van der Waals surface area contributed by atoms with E-state index in [9.17, 15) is 5.11 Å². The number of benzene rings is 3. The normalized spacial score (nSPS) is 12.1. The van der Waals surface area contributed by atoms with Crippen molar-refractivity contribution in [2.45, 2.75) is 41.5 Å². The monoisotopic (exact) mass is 356 g/mol. The average molecular weight is 357 g/mol. The number of rotatable bonds is 3. The van der Waals surface area contributed by atoms with E-state index in [0.29, 0.717) is 5.76 Å². The van der Waals surface area contributed by atoms with Crippen LogP contribution in [-0.4, -0.2) is 5.11 Å². The first kappa shape index (κ1) is 19.0. The smallest absolute Gasteiger partial charge is 0.131 e. The molecule has 138 valence electrons.